The summed E-state index contributed by atoms with van der Waals surface area (Å²) < 4.78 is 12.7. The summed E-state index contributed by atoms with van der Waals surface area (Å²) in [6, 6.07) is -0.509. The third kappa shape index (κ3) is 11.5. The van der Waals surface area contributed by atoms with Crippen molar-refractivity contribution in [2.45, 2.75) is 77.4 Å². The van der Waals surface area contributed by atoms with Gasteiger partial charge in [0.25, 0.3) is 0 Å². The standard InChI is InChI=1S/C16H34NO4P.C7H10N6/c1-5-7-8-9-10-11-12-15(16(18)19)17-22(4)21-13-14(6-2)20-3;1-9-5-4-6(12-7(8)11-5)13(2)3-10-4/h14-15,17H,5-13H2,1-4H3,(H,18,19);3H,1-2H3,(H3,8,9,11,12). The maximum Gasteiger partial charge on any atom is 0.321 e. The molecule has 0 spiro atoms. The lowest BCUT2D eigenvalue weighted by atomic mass is 10.1. The van der Waals surface area contributed by atoms with E-state index in [1.54, 1.807) is 25.1 Å². The van der Waals surface area contributed by atoms with E-state index in [1.807, 2.05) is 20.6 Å². The number of unbranched alkanes of at least 4 members (excludes halogenated alkanes) is 5. The first-order valence-electron chi connectivity index (χ1n) is 12.3. The monoisotopic (exact) mass is 513 g/mol. The van der Waals surface area contributed by atoms with Crippen LogP contribution in [0.25, 0.3) is 11.2 Å². The highest BCUT2D eigenvalue weighted by atomic mass is 31.2. The van der Waals surface area contributed by atoms with E-state index in [9.17, 15) is 9.90 Å². The van der Waals surface area contributed by atoms with Crippen LogP contribution >= 0.6 is 8.30 Å². The molecule has 12 heteroatoms. The number of nitrogen functional groups attached to an aromatic ring is 1. The SMILES string of the molecule is CCCCCCCCC(NP(C)OCC(CC)OC)C(=O)O.CNc1nc(N)nc2c1ncn2C. The minimum atomic E-state index is -0.937. The number of nitrogens with one attached hydrogen (secondary N) is 2. The molecule has 0 aromatic carbocycles. The molecule has 0 amide bonds. The van der Waals surface area contributed by atoms with Crippen LogP contribution in [0.15, 0.2) is 6.33 Å². The number of imidazole rings is 1. The number of aliphatic carboxylic acids is 1. The second-order valence-electron chi connectivity index (χ2n) is 8.34. The first-order valence-corrected chi connectivity index (χ1v) is 14.0. The van der Waals surface area contributed by atoms with Crippen molar-refractivity contribution in [3.8, 4) is 0 Å². The van der Waals surface area contributed by atoms with E-state index < -0.39 is 20.3 Å². The van der Waals surface area contributed by atoms with Gasteiger partial charge in [0.05, 0.1) is 27.3 Å². The van der Waals surface area contributed by atoms with Gasteiger partial charge in [0.1, 0.15) is 6.04 Å². The third-order valence-electron chi connectivity index (χ3n) is 5.54. The van der Waals surface area contributed by atoms with Crippen molar-refractivity contribution in [1.29, 1.82) is 0 Å². The molecule has 0 aliphatic rings. The number of fused-ring (bicyclic) bond motifs is 1. The number of hydrogen-bond acceptors (Lipinski definition) is 9. The fourth-order valence-corrected chi connectivity index (χ4v) is 4.52. The van der Waals surface area contributed by atoms with Crippen LogP contribution in [0.3, 0.4) is 0 Å². The summed E-state index contributed by atoms with van der Waals surface area (Å²) in [4.78, 5) is 23.6. The van der Waals surface area contributed by atoms with Crippen molar-refractivity contribution < 1.29 is 19.2 Å². The Morgan fingerprint density at radius 1 is 1.23 bits per heavy atom. The summed E-state index contributed by atoms with van der Waals surface area (Å²) >= 11 is 0. The number of methoxy groups -OCH3 is 1. The Kier molecular flexibility index (Phi) is 15.4. The lowest BCUT2D eigenvalue weighted by Crippen LogP contribution is -2.34. The van der Waals surface area contributed by atoms with E-state index in [2.05, 4.69) is 32.3 Å². The van der Waals surface area contributed by atoms with Crippen molar-refractivity contribution in [3.63, 3.8) is 0 Å². The van der Waals surface area contributed by atoms with Crippen molar-refractivity contribution in [3.05, 3.63) is 6.33 Å². The van der Waals surface area contributed by atoms with Crippen LogP contribution in [-0.4, -0.2) is 70.2 Å². The average molecular weight is 514 g/mol. The molecule has 2 aromatic heterocycles. The molecule has 0 fully saturated rings. The molecule has 11 nitrogen and oxygen atoms in total. The molecule has 0 saturated heterocycles. The normalized spacial score (nSPS) is 13.7. The lowest BCUT2D eigenvalue weighted by Gasteiger charge is -2.22. The molecule has 3 atom stereocenters. The molecule has 2 rings (SSSR count). The van der Waals surface area contributed by atoms with E-state index in [0.29, 0.717) is 18.8 Å². The van der Waals surface area contributed by atoms with Gasteiger partial charge < -0.3 is 30.0 Å². The van der Waals surface area contributed by atoms with Crippen LogP contribution in [0, 0.1) is 0 Å². The number of ether oxygens (including phenoxy) is 1. The maximum atomic E-state index is 11.3. The molecular formula is C23H44N7O4P. The van der Waals surface area contributed by atoms with Gasteiger partial charge in [-0.3, -0.25) is 9.88 Å². The molecule has 2 heterocycles. The largest absolute Gasteiger partial charge is 0.480 e. The number of nitrogens with zero attached hydrogens (tertiary/aromatic N) is 4. The zero-order valence-corrected chi connectivity index (χ0v) is 23.0. The fraction of sp³-hybridized carbons (Fsp3) is 0.739. The van der Waals surface area contributed by atoms with Crippen molar-refractivity contribution >= 4 is 37.2 Å². The Balaban J connectivity index is 0.000000394. The topological polar surface area (TPSA) is 149 Å². The molecular weight excluding hydrogens is 469 g/mol. The molecule has 0 radical (unpaired) electrons. The first kappa shape index (κ1) is 31.0. The summed E-state index contributed by atoms with van der Waals surface area (Å²) in [5.74, 6) is 0.119. The highest BCUT2D eigenvalue weighted by Crippen LogP contribution is 2.29. The van der Waals surface area contributed by atoms with Gasteiger partial charge in [-0.2, -0.15) is 9.97 Å². The number of carboxylic acids is 1. The zero-order chi connectivity index (χ0) is 26.2. The highest BCUT2D eigenvalue weighted by Gasteiger charge is 2.20. The van der Waals surface area contributed by atoms with E-state index in [1.165, 1.54) is 25.7 Å². The summed E-state index contributed by atoms with van der Waals surface area (Å²) in [6.45, 7) is 6.66. The van der Waals surface area contributed by atoms with Gasteiger partial charge in [0.2, 0.25) is 5.95 Å². The number of rotatable bonds is 16. The number of aromatic nitrogens is 4. The zero-order valence-electron chi connectivity index (χ0n) is 22.1. The highest BCUT2D eigenvalue weighted by molar-refractivity contribution is 7.49. The van der Waals surface area contributed by atoms with Gasteiger partial charge in [-0.25, -0.2) is 4.98 Å². The van der Waals surface area contributed by atoms with Gasteiger partial charge in [-0.15, -0.1) is 0 Å². The van der Waals surface area contributed by atoms with E-state index >= 15 is 0 Å². The van der Waals surface area contributed by atoms with Gasteiger partial charge in [-0.05, 0) is 19.5 Å². The lowest BCUT2D eigenvalue weighted by molar-refractivity contribution is -0.139. The van der Waals surface area contributed by atoms with E-state index in [0.717, 1.165) is 30.4 Å². The Morgan fingerprint density at radius 2 is 1.91 bits per heavy atom. The predicted octanol–water partition coefficient (Wildman–Crippen LogP) is 4.15. The van der Waals surface area contributed by atoms with Crippen LogP contribution in [-0.2, 0) is 21.1 Å². The third-order valence-corrected chi connectivity index (χ3v) is 6.75. The summed E-state index contributed by atoms with van der Waals surface area (Å²) in [7, 11) is 4.37. The van der Waals surface area contributed by atoms with Gasteiger partial charge in [-0.1, -0.05) is 52.4 Å². The fourth-order valence-electron chi connectivity index (χ4n) is 3.37. The summed E-state index contributed by atoms with van der Waals surface area (Å²) in [5.41, 5.74) is 6.99. The Hall–Kier alpha value is -2.07. The quantitative estimate of drug-likeness (QED) is 0.190. The minimum absolute atomic E-state index is 0.0774. The van der Waals surface area contributed by atoms with Crippen LogP contribution < -0.4 is 16.1 Å². The van der Waals surface area contributed by atoms with E-state index in [4.69, 9.17) is 15.0 Å². The molecule has 5 N–H and O–H groups in total. The smallest absolute Gasteiger partial charge is 0.321 e. The first-order chi connectivity index (χ1) is 16.8. The van der Waals surface area contributed by atoms with Crippen molar-refractivity contribution in [2.75, 3.05) is 38.5 Å². The Morgan fingerprint density at radius 3 is 2.51 bits per heavy atom. The average Bonchev–Trinajstić information content (AvgIpc) is 3.21. The minimum Gasteiger partial charge on any atom is -0.480 e. The molecule has 35 heavy (non-hydrogen) atoms. The van der Waals surface area contributed by atoms with Gasteiger partial charge in [0, 0.05) is 21.2 Å². The number of carbonyl (C=O) groups is 1. The molecule has 0 bridgehead atoms. The van der Waals surface area contributed by atoms with Crippen LogP contribution in [0.5, 0.6) is 0 Å². The van der Waals surface area contributed by atoms with E-state index in [-0.39, 0.29) is 12.1 Å². The van der Waals surface area contributed by atoms with Crippen LogP contribution in [0.1, 0.15) is 65.2 Å². The molecule has 0 aliphatic carbocycles. The number of aryl methyl sites for hydroxylation is 1. The van der Waals surface area contributed by atoms with Crippen LogP contribution in [0.2, 0.25) is 0 Å². The van der Waals surface area contributed by atoms with Crippen LogP contribution in [0.4, 0.5) is 11.8 Å². The number of anilines is 2. The summed E-state index contributed by atoms with van der Waals surface area (Å²) in [6.07, 6.45) is 10.3. The molecule has 2 aromatic rings. The Labute approximate surface area is 210 Å². The number of nitrogens with two attached hydrogens (primary N) is 1. The van der Waals surface area contributed by atoms with Crippen molar-refractivity contribution in [1.82, 2.24) is 24.6 Å². The second kappa shape index (κ2) is 17.4. The Bertz CT molecular complexity index is 864. The molecule has 200 valence electrons. The predicted molar refractivity (Wildman–Crippen MR) is 143 cm³/mol. The second-order valence-corrected chi connectivity index (χ2v) is 9.85. The van der Waals surface area contributed by atoms with Crippen molar-refractivity contribution in [2.24, 2.45) is 7.05 Å². The number of carboxylic acid groups (broad SMARTS) is 1. The molecule has 0 saturated carbocycles. The molecule has 3 unspecified atom stereocenters. The molecule has 0 aliphatic heterocycles. The van der Waals surface area contributed by atoms with Gasteiger partial charge >= 0.3 is 5.97 Å². The van der Waals surface area contributed by atoms with Gasteiger partial charge in [0.15, 0.2) is 17.0 Å². The maximum absolute atomic E-state index is 11.3. The number of hydrogen-bond donors (Lipinski definition) is 4. The summed E-state index contributed by atoms with van der Waals surface area (Å²) in [5, 5.41) is 15.3.